The maximum atomic E-state index is 12.9. The number of carbonyl (C=O) groups excluding carboxylic acids is 1. The van der Waals surface area contributed by atoms with E-state index in [4.69, 9.17) is 10.5 Å². The summed E-state index contributed by atoms with van der Waals surface area (Å²) in [6.45, 7) is 0.178. The van der Waals surface area contributed by atoms with Gasteiger partial charge in [0, 0.05) is 23.8 Å². The van der Waals surface area contributed by atoms with Crippen LogP contribution in [0.15, 0.2) is 54.9 Å². The standard InChI is InChI=1S/C25H25N7O3/c1-31-17(11-15-5-3-4-6-19(15)31)13-21(34)29-18-8-7-16(12-20(18)35-2)23-22-24(26)27-14-28-25(22)32(30-23)9-10-33/h3-8,11-12,14,33H,9-10,13H2,1-2H3,(H,29,34)(H2,26,27,28). The van der Waals surface area contributed by atoms with Crippen molar-refractivity contribution in [1.29, 1.82) is 0 Å². The number of fused-ring (bicyclic) bond motifs is 2. The summed E-state index contributed by atoms with van der Waals surface area (Å²) in [7, 11) is 3.49. The molecule has 5 rings (SSSR count). The van der Waals surface area contributed by atoms with Gasteiger partial charge in [0.25, 0.3) is 0 Å². The zero-order valence-electron chi connectivity index (χ0n) is 19.4. The number of amides is 1. The van der Waals surface area contributed by atoms with E-state index in [0.717, 1.165) is 22.2 Å². The van der Waals surface area contributed by atoms with Crippen molar-refractivity contribution in [2.75, 3.05) is 24.8 Å². The molecule has 3 heterocycles. The lowest BCUT2D eigenvalue weighted by Gasteiger charge is -2.12. The van der Waals surface area contributed by atoms with Crippen molar-refractivity contribution in [2.24, 2.45) is 7.05 Å². The number of rotatable bonds is 7. The zero-order chi connectivity index (χ0) is 24.5. The minimum Gasteiger partial charge on any atom is -0.495 e. The van der Waals surface area contributed by atoms with Crippen LogP contribution in [0.2, 0.25) is 0 Å². The quantitative estimate of drug-likeness (QED) is 0.332. The summed E-state index contributed by atoms with van der Waals surface area (Å²) in [6, 6.07) is 15.4. The van der Waals surface area contributed by atoms with Gasteiger partial charge in [-0.05, 0) is 29.7 Å². The van der Waals surface area contributed by atoms with Gasteiger partial charge in [-0.1, -0.05) is 24.3 Å². The largest absolute Gasteiger partial charge is 0.495 e. The van der Waals surface area contributed by atoms with E-state index in [0.29, 0.717) is 34.0 Å². The van der Waals surface area contributed by atoms with Gasteiger partial charge in [-0.15, -0.1) is 0 Å². The van der Waals surface area contributed by atoms with Crippen molar-refractivity contribution in [3.63, 3.8) is 0 Å². The van der Waals surface area contributed by atoms with Crippen LogP contribution >= 0.6 is 0 Å². The molecule has 10 nitrogen and oxygen atoms in total. The number of aliphatic hydroxyl groups excluding tert-OH is 1. The van der Waals surface area contributed by atoms with Gasteiger partial charge >= 0.3 is 0 Å². The van der Waals surface area contributed by atoms with Gasteiger partial charge in [-0.25, -0.2) is 14.6 Å². The summed E-state index contributed by atoms with van der Waals surface area (Å²) >= 11 is 0. The molecule has 0 bridgehead atoms. The number of para-hydroxylation sites is 1. The van der Waals surface area contributed by atoms with Gasteiger partial charge in [0.1, 0.15) is 23.6 Å². The first-order chi connectivity index (χ1) is 17.0. The Bertz CT molecular complexity index is 1550. The van der Waals surface area contributed by atoms with Crippen LogP contribution in [0.4, 0.5) is 11.5 Å². The molecule has 0 aliphatic carbocycles. The van der Waals surface area contributed by atoms with Crippen LogP contribution < -0.4 is 15.8 Å². The van der Waals surface area contributed by atoms with Gasteiger partial charge in [0.2, 0.25) is 5.91 Å². The topological polar surface area (TPSA) is 133 Å². The molecule has 4 N–H and O–H groups in total. The predicted octanol–water partition coefficient (Wildman–Crippen LogP) is 2.75. The Morgan fingerprint density at radius 3 is 2.77 bits per heavy atom. The number of aryl methyl sites for hydroxylation is 1. The highest BCUT2D eigenvalue weighted by Gasteiger charge is 2.19. The van der Waals surface area contributed by atoms with Crippen molar-refractivity contribution in [3.05, 3.63) is 60.6 Å². The van der Waals surface area contributed by atoms with Crippen LogP contribution in [0.1, 0.15) is 5.69 Å². The first-order valence-corrected chi connectivity index (χ1v) is 11.1. The second-order valence-corrected chi connectivity index (χ2v) is 8.15. The van der Waals surface area contributed by atoms with E-state index in [1.165, 1.54) is 6.33 Å². The Labute approximate surface area is 201 Å². The van der Waals surface area contributed by atoms with Gasteiger partial charge in [-0.3, -0.25) is 4.79 Å². The Balaban J connectivity index is 1.44. The molecule has 0 saturated heterocycles. The summed E-state index contributed by atoms with van der Waals surface area (Å²) in [5.41, 5.74) is 10.5. The summed E-state index contributed by atoms with van der Waals surface area (Å²) in [5.74, 6) is 0.617. The molecular formula is C25H25N7O3. The lowest BCUT2D eigenvalue weighted by molar-refractivity contribution is -0.115. The van der Waals surface area contributed by atoms with Crippen molar-refractivity contribution in [2.45, 2.75) is 13.0 Å². The molecule has 0 aliphatic rings. The highest BCUT2D eigenvalue weighted by molar-refractivity contribution is 5.99. The minimum atomic E-state index is -0.155. The van der Waals surface area contributed by atoms with E-state index in [1.807, 2.05) is 48.0 Å². The number of nitrogen functional groups attached to an aromatic ring is 1. The Hall–Kier alpha value is -4.44. The number of nitrogens with two attached hydrogens (primary N) is 1. The van der Waals surface area contributed by atoms with E-state index in [9.17, 15) is 9.90 Å². The third kappa shape index (κ3) is 4.04. The number of hydrogen-bond donors (Lipinski definition) is 3. The third-order valence-electron chi connectivity index (χ3n) is 6.01. The van der Waals surface area contributed by atoms with Crippen LogP contribution in [-0.4, -0.2) is 49.0 Å². The third-order valence-corrected chi connectivity index (χ3v) is 6.01. The molecule has 0 radical (unpaired) electrons. The number of nitrogens with one attached hydrogen (secondary N) is 1. The molecule has 0 atom stereocenters. The van der Waals surface area contributed by atoms with Gasteiger partial charge < -0.3 is 25.5 Å². The van der Waals surface area contributed by atoms with Crippen LogP contribution in [0.3, 0.4) is 0 Å². The monoisotopic (exact) mass is 471 g/mol. The number of methoxy groups -OCH3 is 1. The van der Waals surface area contributed by atoms with E-state index < -0.39 is 0 Å². The first kappa shape index (κ1) is 22.4. The van der Waals surface area contributed by atoms with Crippen LogP contribution in [0.25, 0.3) is 33.2 Å². The van der Waals surface area contributed by atoms with Crippen molar-refractivity contribution in [1.82, 2.24) is 24.3 Å². The lowest BCUT2D eigenvalue weighted by atomic mass is 10.1. The van der Waals surface area contributed by atoms with E-state index in [1.54, 1.807) is 23.9 Å². The smallest absolute Gasteiger partial charge is 0.230 e. The van der Waals surface area contributed by atoms with E-state index >= 15 is 0 Å². The van der Waals surface area contributed by atoms with Crippen LogP contribution in [0, 0.1) is 0 Å². The number of anilines is 2. The molecular weight excluding hydrogens is 446 g/mol. The molecule has 35 heavy (non-hydrogen) atoms. The van der Waals surface area contributed by atoms with Crippen LogP contribution in [0.5, 0.6) is 5.75 Å². The maximum Gasteiger partial charge on any atom is 0.230 e. The Morgan fingerprint density at radius 2 is 2.00 bits per heavy atom. The molecule has 10 heteroatoms. The van der Waals surface area contributed by atoms with Gasteiger partial charge in [0.15, 0.2) is 5.65 Å². The van der Waals surface area contributed by atoms with E-state index in [-0.39, 0.29) is 25.5 Å². The molecule has 0 fully saturated rings. The Kier molecular flexibility index (Phi) is 5.79. The predicted molar refractivity (Wildman–Crippen MR) is 134 cm³/mol. The number of ether oxygens (including phenoxy) is 1. The van der Waals surface area contributed by atoms with Crippen molar-refractivity contribution in [3.8, 4) is 17.0 Å². The fourth-order valence-corrected chi connectivity index (χ4v) is 4.30. The normalized spacial score (nSPS) is 11.3. The molecule has 0 aliphatic heterocycles. The number of benzene rings is 2. The molecule has 0 unspecified atom stereocenters. The second-order valence-electron chi connectivity index (χ2n) is 8.15. The Morgan fingerprint density at radius 1 is 1.17 bits per heavy atom. The summed E-state index contributed by atoms with van der Waals surface area (Å²) in [4.78, 5) is 21.2. The zero-order valence-corrected chi connectivity index (χ0v) is 19.4. The molecule has 0 spiro atoms. The van der Waals surface area contributed by atoms with Gasteiger partial charge in [0.05, 0.1) is 37.8 Å². The van der Waals surface area contributed by atoms with Crippen LogP contribution in [-0.2, 0) is 24.8 Å². The summed E-state index contributed by atoms with van der Waals surface area (Å²) in [6.07, 6.45) is 1.59. The number of aromatic nitrogens is 5. The summed E-state index contributed by atoms with van der Waals surface area (Å²) in [5, 5.41) is 18.6. The molecule has 2 aromatic carbocycles. The molecule has 5 aromatic rings. The SMILES string of the molecule is COc1cc(-c2nn(CCO)c3ncnc(N)c23)ccc1NC(=O)Cc1cc2ccccc2n1C. The molecule has 178 valence electrons. The molecule has 1 amide bonds. The minimum absolute atomic E-state index is 0.0921. The van der Waals surface area contributed by atoms with E-state index in [2.05, 4.69) is 20.4 Å². The average molecular weight is 472 g/mol. The number of carbonyl (C=O) groups is 1. The second kappa shape index (κ2) is 9.07. The van der Waals surface area contributed by atoms with Crippen molar-refractivity contribution >= 4 is 39.3 Å². The first-order valence-electron chi connectivity index (χ1n) is 11.1. The van der Waals surface area contributed by atoms with Crippen molar-refractivity contribution < 1.29 is 14.6 Å². The average Bonchev–Trinajstić information content (AvgIpc) is 3.38. The fraction of sp³-hybridized carbons (Fsp3) is 0.200. The summed E-state index contributed by atoms with van der Waals surface area (Å²) < 4.78 is 9.19. The fourth-order valence-electron chi connectivity index (χ4n) is 4.30. The lowest BCUT2D eigenvalue weighted by Crippen LogP contribution is -2.16. The highest BCUT2D eigenvalue weighted by Crippen LogP contribution is 2.35. The maximum absolute atomic E-state index is 12.9. The molecule has 3 aromatic heterocycles. The number of nitrogens with zero attached hydrogens (tertiary/aromatic N) is 5. The highest BCUT2D eigenvalue weighted by atomic mass is 16.5. The number of aliphatic hydroxyl groups is 1. The van der Waals surface area contributed by atoms with Gasteiger partial charge in [-0.2, -0.15) is 5.10 Å². The number of hydrogen-bond acceptors (Lipinski definition) is 7. The molecule has 0 saturated carbocycles.